The van der Waals surface area contributed by atoms with Crippen LogP contribution in [0.5, 0.6) is 11.5 Å². The van der Waals surface area contributed by atoms with Crippen LogP contribution in [0.25, 0.3) is 5.65 Å². The smallest absolute Gasteiger partial charge is 0.160 e. The van der Waals surface area contributed by atoms with Crippen LogP contribution >= 0.6 is 0 Å². The third-order valence-electron chi connectivity index (χ3n) is 3.91. The minimum atomic E-state index is 0.599. The lowest BCUT2D eigenvalue weighted by molar-refractivity contribution is 0.354. The molecule has 3 rings (SSSR count). The van der Waals surface area contributed by atoms with E-state index in [1.807, 2.05) is 42.6 Å². The first kappa shape index (κ1) is 15.4. The Hall–Kier alpha value is -2.53. The van der Waals surface area contributed by atoms with E-state index >= 15 is 0 Å². The first-order valence-electron chi connectivity index (χ1n) is 7.62. The van der Waals surface area contributed by atoms with Crippen LogP contribution in [-0.2, 0) is 12.8 Å². The summed E-state index contributed by atoms with van der Waals surface area (Å²) in [5.74, 6) is 1.46. The van der Waals surface area contributed by atoms with Crippen molar-refractivity contribution in [1.82, 2.24) is 9.38 Å². The van der Waals surface area contributed by atoms with Gasteiger partial charge in [-0.15, -0.1) is 0 Å². The second-order valence-corrected chi connectivity index (χ2v) is 5.34. The molecule has 0 aliphatic carbocycles. The average molecular weight is 311 g/mol. The van der Waals surface area contributed by atoms with Gasteiger partial charge in [-0.05, 0) is 36.4 Å². The molecule has 5 nitrogen and oxygen atoms in total. The van der Waals surface area contributed by atoms with Crippen molar-refractivity contribution >= 4 is 5.65 Å². The van der Waals surface area contributed by atoms with Gasteiger partial charge in [-0.25, -0.2) is 4.98 Å². The predicted molar refractivity (Wildman–Crippen MR) is 90.3 cm³/mol. The van der Waals surface area contributed by atoms with E-state index in [1.54, 1.807) is 14.2 Å². The Morgan fingerprint density at radius 3 is 2.65 bits per heavy atom. The van der Waals surface area contributed by atoms with Gasteiger partial charge >= 0.3 is 0 Å². The van der Waals surface area contributed by atoms with Crippen molar-refractivity contribution in [2.24, 2.45) is 5.73 Å². The van der Waals surface area contributed by atoms with Crippen LogP contribution in [0.15, 0.2) is 42.6 Å². The molecule has 23 heavy (non-hydrogen) atoms. The van der Waals surface area contributed by atoms with Crippen molar-refractivity contribution in [3.63, 3.8) is 0 Å². The molecule has 0 saturated heterocycles. The SMILES string of the molecule is COc1ccc(Cc2nc3ccccn3c2CCN)cc1OC. The number of fused-ring (bicyclic) bond motifs is 1. The largest absolute Gasteiger partial charge is 0.493 e. The fourth-order valence-corrected chi connectivity index (χ4v) is 2.82. The van der Waals surface area contributed by atoms with E-state index in [9.17, 15) is 0 Å². The average Bonchev–Trinajstić information content (AvgIpc) is 2.92. The fourth-order valence-electron chi connectivity index (χ4n) is 2.82. The number of nitrogens with two attached hydrogens (primary N) is 1. The molecule has 0 spiro atoms. The van der Waals surface area contributed by atoms with Crippen molar-refractivity contribution in [2.45, 2.75) is 12.8 Å². The Kier molecular flexibility index (Phi) is 4.48. The van der Waals surface area contributed by atoms with Gasteiger partial charge in [-0.3, -0.25) is 0 Å². The minimum absolute atomic E-state index is 0.599. The molecule has 0 fully saturated rings. The summed E-state index contributed by atoms with van der Waals surface area (Å²) in [5.41, 5.74) is 10.1. The van der Waals surface area contributed by atoms with E-state index in [2.05, 4.69) is 4.40 Å². The zero-order valence-electron chi connectivity index (χ0n) is 13.5. The van der Waals surface area contributed by atoms with Crippen molar-refractivity contribution in [3.8, 4) is 11.5 Å². The summed E-state index contributed by atoms with van der Waals surface area (Å²) in [7, 11) is 3.28. The quantitative estimate of drug-likeness (QED) is 0.759. The molecule has 2 heterocycles. The number of methoxy groups -OCH3 is 2. The van der Waals surface area contributed by atoms with Crippen molar-refractivity contribution in [2.75, 3.05) is 20.8 Å². The lowest BCUT2D eigenvalue weighted by Crippen LogP contribution is -2.07. The topological polar surface area (TPSA) is 61.8 Å². The Morgan fingerprint density at radius 1 is 1.09 bits per heavy atom. The molecule has 2 N–H and O–H groups in total. The molecular formula is C18H21N3O2. The van der Waals surface area contributed by atoms with Gasteiger partial charge in [0.05, 0.1) is 19.9 Å². The highest BCUT2D eigenvalue weighted by Gasteiger charge is 2.13. The number of ether oxygens (including phenoxy) is 2. The van der Waals surface area contributed by atoms with Crippen LogP contribution in [0.2, 0.25) is 0 Å². The predicted octanol–water partition coefficient (Wildman–Crippen LogP) is 2.44. The van der Waals surface area contributed by atoms with Crippen LogP contribution < -0.4 is 15.2 Å². The highest BCUT2D eigenvalue weighted by atomic mass is 16.5. The molecule has 0 saturated carbocycles. The molecule has 120 valence electrons. The molecule has 0 bridgehead atoms. The third kappa shape index (κ3) is 3.00. The summed E-state index contributed by atoms with van der Waals surface area (Å²) in [6, 6.07) is 12.0. The van der Waals surface area contributed by atoms with Gasteiger partial charge in [0.1, 0.15) is 5.65 Å². The number of benzene rings is 1. The van der Waals surface area contributed by atoms with Crippen molar-refractivity contribution < 1.29 is 9.47 Å². The monoisotopic (exact) mass is 311 g/mol. The molecular weight excluding hydrogens is 290 g/mol. The van der Waals surface area contributed by atoms with E-state index in [0.717, 1.165) is 46.9 Å². The molecule has 2 aromatic heterocycles. The van der Waals surface area contributed by atoms with Crippen LogP contribution in [0.1, 0.15) is 17.0 Å². The van der Waals surface area contributed by atoms with Gasteiger partial charge in [-0.2, -0.15) is 0 Å². The molecule has 0 amide bonds. The molecule has 0 unspecified atom stereocenters. The van der Waals surface area contributed by atoms with Gasteiger partial charge in [0.15, 0.2) is 11.5 Å². The Labute approximate surface area is 135 Å². The van der Waals surface area contributed by atoms with E-state index < -0.39 is 0 Å². The second kappa shape index (κ2) is 6.71. The zero-order valence-corrected chi connectivity index (χ0v) is 13.5. The van der Waals surface area contributed by atoms with E-state index in [-0.39, 0.29) is 0 Å². The zero-order chi connectivity index (χ0) is 16.2. The first-order chi connectivity index (χ1) is 11.3. The lowest BCUT2D eigenvalue weighted by Gasteiger charge is -2.09. The fraction of sp³-hybridized carbons (Fsp3) is 0.278. The van der Waals surface area contributed by atoms with Crippen LogP contribution in [0.3, 0.4) is 0 Å². The molecule has 3 aromatic rings. The lowest BCUT2D eigenvalue weighted by atomic mass is 10.1. The molecule has 0 radical (unpaired) electrons. The molecule has 0 aliphatic heterocycles. The van der Waals surface area contributed by atoms with Gasteiger partial charge < -0.3 is 19.6 Å². The summed E-state index contributed by atoms with van der Waals surface area (Å²) in [5, 5.41) is 0. The number of pyridine rings is 1. The normalized spacial score (nSPS) is 10.9. The maximum atomic E-state index is 5.78. The molecule has 0 atom stereocenters. The number of aromatic nitrogens is 2. The maximum absolute atomic E-state index is 5.78. The maximum Gasteiger partial charge on any atom is 0.160 e. The Bertz CT molecular complexity index is 811. The van der Waals surface area contributed by atoms with E-state index in [1.165, 1.54) is 0 Å². The Morgan fingerprint density at radius 2 is 1.91 bits per heavy atom. The van der Waals surface area contributed by atoms with Gasteiger partial charge in [0.2, 0.25) is 0 Å². The van der Waals surface area contributed by atoms with Crippen molar-refractivity contribution in [3.05, 3.63) is 59.5 Å². The highest BCUT2D eigenvalue weighted by Crippen LogP contribution is 2.29. The molecule has 1 aromatic carbocycles. The molecule has 0 aliphatic rings. The summed E-state index contributed by atoms with van der Waals surface area (Å²) in [4.78, 5) is 4.76. The van der Waals surface area contributed by atoms with E-state index in [0.29, 0.717) is 6.54 Å². The number of imidazole rings is 1. The molecule has 5 heteroatoms. The van der Waals surface area contributed by atoms with Crippen LogP contribution in [0, 0.1) is 0 Å². The summed E-state index contributed by atoms with van der Waals surface area (Å²) < 4.78 is 12.8. The standard InChI is InChI=1S/C18H21N3O2/c1-22-16-7-6-13(12-17(16)23-2)11-14-15(8-9-19)21-10-4-3-5-18(21)20-14/h3-7,10,12H,8-9,11,19H2,1-2H3. The number of hydrogen-bond donors (Lipinski definition) is 1. The number of hydrogen-bond acceptors (Lipinski definition) is 4. The number of nitrogens with zero attached hydrogens (tertiary/aromatic N) is 2. The minimum Gasteiger partial charge on any atom is -0.493 e. The second-order valence-electron chi connectivity index (χ2n) is 5.34. The third-order valence-corrected chi connectivity index (χ3v) is 3.91. The van der Waals surface area contributed by atoms with Crippen LogP contribution in [0.4, 0.5) is 0 Å². The van der Waals surface area contributed by atoms with Gasteiger partial charge in [0.25, 0.3) is 0 Å². The number of rotatable bonds is 6. The van der Waals surface area contributed by atoms with E-state index in [4.69, 9.17) is 20.2 Å². The Balaban J connectivity index is 1.99. The summed E-state index contributed by atoms with van der Waals surface area (Å²) in [6.07, 6.45) is 3.57. The van der Waals surface area contributed by atoms with Gasteiger partial charge in [-0.1, -0.05) is 12.1 Å². The van der Waals surface area contributed by atoms with Crippen LogP contribution in [-0.4, -0.2) is 30.1 Å². The highest BCUT2D eigenvalue weighted by molar-refractivity contribution is 5.47. The summed E-state index contributed by atoms with van der Waals surface area (Å²) >= 11 is 0. The first-order valence-corrected chi connectivity index (χ1v) is 7.62. The van der Waals surface area contributed by atoms with Gasteiger partial charge in [0, 0.05) is 24.7 Å². The van der Waals surface area contributed by atoms with Crippen molar-refractivity contribution in [1.29, 1.82) is 0 Å². The summed E-state index contributed by atoms with van der Waals surface area (Å²) in [6.45, 7) is 0.599.